The number of carbonyl (C=O) groups is 2. The fourth-order valence-corrected chi connectivity index (χ4v) is 7.46. The van der Waals surface area contributed by atoms with Gasteiger partial charge in [0.05, 0.1) is 16.8 Å². The predicted octanol–water partition coefficient (Wildman–Crippen LogP) is 4.95. The number of aromatic nitrogens is 3. The maximum atomic E-state index is 13.3. The fraction of sp³-hybridized carbons (Fsp3) is 0.320. The molecular formula is C25H26N6O4S2. The first-order valence-electron chi connectivity index (χ1n) is 11.6. The molecule has 0 bridgehead atoms. The number of aryl methyl sites for hydroxylation is 3. The normalized spacial score (nSPS) is 14.6. The van der Waals surface area contributed by atoms with E-state index >= 15 is 0 Å². The Balaban J connectivity index is 1.48. The van der Waals surface area contributed by atoms with Crippen molar-refractivity contribution >= 4 is 49.3 Å². The van der Waals surface area contributed by atoms with Gasteiger partial charge in [0.15, 0.2) is 0 Å². The van der Waals surface area contributed by atoms with Crippen LogP contribution in [-0.2, 0) is 22.6 Å². The van der Waals surface area contributed by atoms with Crippen LogP contribution in [0.15, 0.2) is 39.3 Å². The number of amides is 2. The highest BCUT2D eigenvalue weighted by atomic mass is 32.3. The second-order valence-electron chi connectivity index (χ2n) is 9.34. The third-order valence-electron chi connectivity index (χ3n) is 6.28. The van der Waals surface area contributed by atoms with Gasteiger partial charge in [-0.25, -0.2) is 4.98 Å². The first kappa shape index (κ1) is 25.0. The van der Waals surface area contributed by atoms with Crippen LogP contribution in [-0.4, -0.2) is 39.5 Å². The first-order valence-corrected chi connectivity index (χ1v) is 14.9. The number of fused-ring (bicyclic) bond motifs is 2. The zero-order chi connectivity index (χ0) is 26.3. The van der Waals surface area contributed by atoms with Crippen molar-refractivity contribution < 1.29 is 14.0 Å². The van der Waals surface area contributed by atoms with E-state index in [2.05, 4.69) is 37.5 Å². The molecule has 1 unspecified atom stereocenters. The topological polar surface area (TPSA) is 139 Å². The van der Waals surface area contributed by atoms with Crippen molar-refractivity contribution in [3.63, 3.8) is 0 Å². The summed E-state index contributed by atoms with van der Waals surface area (Å²) >= 11 is 1.39. The molecule has 10 nitrogen and oxygen atoms in total. The molecule has 1 atom stereocenters. The van der Waals surface area contributed by atoms with Crippen LogP contribution in [0.4, 0.5) is 5.69 Å². The Kier molecular flexibility index (Phi) is 6.54. The Morgan fingerprint density at radius 1 is 1.22 bits per heavy atom. The maximum absolute atomic E-state index is 13.3. The zero-order valence-electron chi connectivity index (χ0n) is 20.8. The summed E-state index contributed by atoms with van der Waals surface area (Å²) in [6, 6.07) is 10.1. The van der Waals surface area contributed by atoms with Crippen LogP contribution >= 0.6 is 21.6 Å². The molecule has 0 radical (unpaired) electrons. The first-order chi connectivity index (χ1) is 17.6. The summed E-state index contributed by atoms with van der Waals surface area (Å²) in [6.07, 6.45) is 4.59. The Hall–Kier alpha value is -3.64. The van der Waals surface area contributed by atoms with E-state index in [1.54, 1.807) is 19.4 Å². The summed E-state index contributed by atoms with van der Waals surface area (Å²) in [6.45, 7) is 3.75. The molecule has 0 aliphatic carbocycles. The summed E-state index contributed by atoms with van der Waals surface area (Å²) < 4.78 is 9.58. The molecule has 2 aromatic heterocycles. The molecule has 2 amide bonds. The molecule has 5 rings (SSSR count). The molecule has 0 saturated heterocycles. The lowest BCUT2D eigenvalue weighted by molar-refractivity contribution is -0.121. The summed E-state index contributed by atoms with van der Waals surface area (Å²) in [5.41, 5.74) is 5.87. The highest BCUT2D eigenvalue weighted by Gasteiger charge is 2.37. The van der Waals surface area contributed by atoms with Gasteiger partial charge < -0.3 is 15.1 Å². The van der Waals surface area contributed by atoms with Gasteiger partial charge in [-0.2, -0.15) is 0 Å². The number of nitroso groups, excluding NO2 is 1. The molecular weight excluding hydrogens is 512 g/mol. The van der Waals surface area contributed by atoms with E-state index in [-0.39, 0.29) is 24.2 Å². The minimum absolute atomic E-state index is 0.0377. The molecule has 192 valence electrons. The summed E-state index contributed by atoms with van der Waals surface area (Å²) in [7, 11) is -2.24. The van der Waals surface area contributed by atoms with Gasteiger partial charge >= 0.3 is 0 Å². The number of rotatable bonds is 7. The van der Waals surface area contributed by atoms with Crippen LogP contribution in [0.2, 0.25) is 0 Å². The molecule has 0 spiro atoms. The van der Waals surface area contributed by atoms with Crippen molar-refractivity contribution in [2.45, 2.75) is 38.5 Å². The van der Waals surface area contributed by atoms with Gasteiger partial charge in [-0.3, -0.25) is 9.59 Å². The molecule has 0 fully saturated rings. The molecule has 2 N–H and O–H groups in total. The highest BCUT2D eigenvalue weighted by Crippen LogP contribution is 2.56. The molecule has 1 aliphatic rings. The van der Waals surface area contributed by atoms with E-state index in [4.69, 9.17) is 9.40 Å². The molecule has 1 aliphatic heterocycles. The van der Waals surface area contributed by atoms with E-state index in [1.807, 2.05) is 25.1 Å². The van der Waals surface area contributed by atoms with E-state index in [1.165, 1.54) is 11.3 Å². The third-order valence-corrected chi connectivity index (χ3v) is 9.48. The van der Waals surface area contributed by atoms with Gasteiger partial charge in [-0.05, 0) is 77.0 Å². The summed E-state index contributed by atoms with van der Waals surface area (Å²) in [5, 5.41) is 13.1. The molecule has 37 heavy (non-hydrogen) atoms. The summed E-state index contributed by atoms with van der Waals surface area (Å²) in [4.78, 5) is 41.5. The number of nitrogens with zero attached hydrogens (tertiary/aromatic N) is 4. The number of hydrogen-bond acceptors (Lipinski definition) is 9. The second kappa shape index (κ2) is 9.67. The van der Waals surface area contributed by atoms with Crippen molar-refractivity contribution in [3.05, 3.63) is 63.2 Å². The Morgan fingerprint density at radius 3 is 2.76 bits per heavy atom. The third kappa shape index (κ3) is 4.98. The van der Waals surface area contributed by atoms with Crippen molar-refractivity contribution in [1.29, 1.82) is 0 Å². The quantitative estimate of drug-likeness (QED) is 0.317. The van der Waals surface area contributed by atoms with Crippen LogP contribution in [0.3, 0.4) is 0 Å². The monoisotopic (exact) mass is 538 g/mol. The van der Waals surface area contributed by atoms with E-state index in [9.17, 15) is 14.5 Å². The maximum Gasteiger partial charge on any atom is 0.240 e. The smallest absolute Gasteiger partial charge is 0.240 e. The Labute approximate surface area is 218 Å². The van der Waals surface area contributed by atoms with E-state index < -0.39 is 15.5 Å². The van der Waals surface area contributed by atoms with Crippen LogP contribution in [0, 0.1) is 18.8 Å². The van der Waals surface area contributed by atoms with Gasteiger partial charge in [-0.15, -0.1) is 26.4 Å². The minimum atomic E-state index is -2.24. The average Bonchev–Trinajstić information content (AvgIpc) is 3.46. The Bertz CT molecular complexity index is 1540. The van der Waals surface area contributed by atoms with Crippen molar-refractivity contribution in [2.24, 2.45) is 4.58 Å². The summed E-state index contributed by atoms with van der Waals surface area (Å²) in [5.74, 6) is 0.367. The second-order valence-corrected chi connectivity index (χ2v) is 13.7. The molecule has 2 aromatic carbocycles. The van der Waals surface area contributed by atoms with E-state index in [0.29, 0.717) is 23.7 Å². The van der Waals surface area contributed by atoms with Gasteiger partial charge in [0, 0.05) is 19.0 Å². The van der Waals surface area contributed by atoms with Gasteiger partial charge in [-0.1, -0.05) is 16.3 Å². The Morgan fingerprint density at radius 2 is 2.03 bits per heavy atom. The largest absolute Gasteiger partial charge is 0.424 e. The predicted molar refractivity (Wildman–Crippen MR) is 146 cm³/mol. The van der Waals surface area contributed by atoms with Crippen LogP contribution in [0.5, 0.6) is 0 Å². The molecule has 3 heterocycles. The molecule has 12 heteroatoms. The molecule has 4 aromatic rings. The fourth-order valence-electron chi connectivity index (χ4n) is 4.40. The highest BCUT2D eigenvalue weighted by molar-refractivity contribution is 8.32. The number of carbonyl (C=O) groups excluding carboxylic acids is 2. The van der Waals surface area contributed by atoms with Crippen LogP contribution in [0.25, 0.3) is 21.3 Å². The SMILES string of the molecule is Cc1nnc(CNC(=O)C(c2nc3cc(C)c(-c4ccc5c(c4)CCC(=O)N5)cc3s2)S(C)(C)N=O)o1. The van der Waals surface area contributed by atoms with Gasteiger partial charge in [0.25, 0.3) is 0 Å². The standard InChI is InChI=1S/C25H26N6O4S2/c1-13-9-19-20(11-17(13)15-5-7-18-16(10-15)6-8-21(32)27-18)36-25(28-19)23(37(3,4)31-34)24(33)26-12-22-30-29-14(2)35-22/h5,7,9-11,23H,6,8,12H2,1-4H3,(H,26,33)(H,27,32). The van der Waals surface area contributed by atoms with Crippen molar-refractivity contribution in [3.8, 4) is 11.1 Å². The van der Waals surface area contributed by atoms with Crippen molar-refractivity contribution in [1.82, 2.24) is 20.5 Å². The number of nitrogens with one attached hydrogen (secondary N) is 2. The lowest BCUT2D eigenvalue weighted by Gasteiger charge is -2.29. The number of thiazole rings is 1. The molecule has 0 saturated carbocycles. The van der Waals surface area contributed by atoms with Gasteiger partial charge in [0.2, 0.25) is 23.6 Å². The average molecular weight is 539 g/mol. The minimum Gasteiger partial charge on any atom is -0.424 e. The van der Waals surface area contributed by atoms with Crippen molar-refractivity contribution in [2.75, 3.05) is 17.8 Å². The number of anilines is 1. The zero-order valence-corrected chi connectivity index (χ0v) is 22.5. The van der Waals surface area contributed by atoms with Crippen LogP contribution in [0.1, 0.15) is 39.6 Å². The lowest BCUT2D eigenvalue weighted by atomic mass is 9.95. The van der Waals surface area contributed by atoms with E-state index in [0.717, 1.165) is 38.2 Å². The number of benzene rings is 2. The lowest BCUT2D eigenvalue weighted by Crippen LogP contribution is -2.31. The van der Waals surface area contributed by atoms with Crippen LogP contribution < -0.4 is 10.6 Å². The van der Waals surface area contributed by atoms with Gasteiger partial charge in [0.1, 0.15) is 10.3 Å². The number of hydrogen-bond donors (Lipinski definition) is 2.